The molecule has 28 heavy (non-hydrogen) atoms. The first-order valence-corrected chi connectivity index (χ1v) is 8.83. The summed E-state index contributed by atoms with van der Waals surface area (Å²) in [6, 6.07) is 20.6. The lowest BCUT2D eigenvalue weighted by atomic mass is 10.1. The number of Topliss-reactive ketones (excluding diaryl/α,β-unsaturated/α-hetero) is 1. The van der Waals surface area contributed by atoms with E-state index in [1.54, 1.807) is 48.5 Å². The van der Waals surface area contributed by atoms with Crippen molar-refractivity contribution in [3.63, 3.8) is 0 Å². The average Bonchev–Trinajstić information content (AvgIpc) is 2.70. The normalized spacial score (nSPS) is 10.2. The summed E-state index contributed by atoms with van der Waals surface area (Å²) in [5.41, 5.74) is 3.80. The number of hydrogen-bond donors (Lipinski definition) is 2. The van der Waals surface area contributed by atoms with Gasteiger partial charge in [0.2, 0.25) is 0 Å². The van der Waals surface area contributed by atoms with Gasteiger partial charge < -0.3 is 10.6 Å². The Morgan fingerprint density at radius 1 is 0.643 bits per heavy atom. The van der Waals surface area contributed by atoms with Crippen molar-refractivity contribution in [3.8, 4) is 0 Å². The summed E-state index contributed by atoms with van der Waals surface area (Å²) in [7, 11) is 0. The Kier molecular flexibility index (Phi) is 5.65. The van der Waals surface area contributed by atoms with Crippen molar-refractivity contribution < 1.29 is 14.4 Å². The topological polar surface area (TPSA) is 75.3 Å². The lowest BCUT2D eigenvalue weighted by molar-refractivity contribution is 0.101. The Hall–Kier alpha value is -3.73. The average molecular weight is 372 g/mol. The van der Waals surface area contributed by atoms with Crippen LogP contribution in [0.25, 0.3) is 0 Å². The highest BCUT2D eigenvalue weighted by Crippen LogP contribution is 2.16. The second kappa shape index (κ2) is 8.31. The van der Waals surface area contributed by atoms with Gasteiger partial charge in [0.1, 0.15) is 0 Å². The van der Waals surface area contributed by atoms with Gasteiger partial charge in [0.15, 0.2) is 5.78 Å². The van der Waals surface area contributed by atoms with Crippen LogP contribution in [0.5, 0.6) is 0 Å². The number of rotatable bonds is 5. The van der Waals surface area contributed by atoms with Gasteiger partial charge in [0.25, 0.3) is 11.8 Å². The standard InChI is InChI=1S/C23H20N2O3/c1-15-5-3-4-6-21(15)25-23(28)19-9-7-18(8-10-19)22(27)24-20-13-11-17(12-14-20)16(2)26/h3-14H,1-2H3,(H,24,27)(H,25,28). The largest absolute Gasteiger partial charge is 0.322 e. The molecule has 0 fully saturated rings. The number of carbonyl (C=O) groups excluding carboxylic acids is 3. The maximum atomic E-state index is 12.4. The van der Waals surface area contributed by atoms with Crippen LogP contribution < -0.4 is 10.6 Å². The van der Waals surface area contributed by atoms with E-state index < -0.39 is 0 Å². The molecule has 2 N–H and O–H groups in total. The Morgan fingerprint density at radius 3 is 1.68 bits per heavy atom. The fourth-order valence-corrected chi connectivity index (χ4v) is 2.67. The molecule has 3 aromatic rings. The molecule has 0 radical (unpaired) electrons. The minimum atomic E-state index is -0.290. The minimum Gasteiger partial charge on any atom is -0.322 e. The zero-order chi connectivity index (χ0) is 20.1. The van der Waals surface area contributed by atoms with Gasteiger partial charge in [-0.25, -0.2) is 0 Å². The number of anilines is 2. The summed E-state index contributed by atoms with van der Waals surface area (Å²) in [6.07, 6.45) is 0. The Bertz CT molecular complexity index is 1020. The molecule has 5 nitrogen and oxygen atoms in total. The third-order valence-electron chi connectivity index (χ3n) is 4.35. The fraction of sp³-hybridized carbons (Fsp3) is 0.0870. The van der Waals surface area contributed by atoms with Crippen molar-refractivity contribution in [2.75, 3.05) is 10.6 Å². The Balaban J connectivity index is 1.66. The smallest absolute Gasteiger partial charge is 0.255 e. The third kappa shape index (κ3) is 4.51. The van der Waals surface area contributed by atoms with Crippen LogP contribution in [-0.2, 0) is 0 Å². The Morgan fingerprint density at radius 2 is 1.14 bits per heavy atom. The third-order valence-corrected chi connectivity index (χ3v) is 4.35. The van der Waals surface area contributed by atoms with Crippen LogP contribution in [0, 0.1) is 6.92 Å². The van der Waals surface area contributed by atoms with Crippen LogP contribution in [0.2, 0.25) is 0 Å². The van der Waals surface area contributed by atoms with Gasteiger partial charge in [0, 0.05) is 28.1 Å². The monoisotopic (exact) mass is 372 g/mol. The first kappa shape index (κ1) is 19.0. The molecule has 0 saturated heterocycles. The molecule has 140 valence electrons. The summed E-state index contributed by atoms with van der Waals surface area (Å²) >= 11 is 0. The molecule has 2 amide bonds. The SMILES string of the molecule is CC(=O)c1ccc(NC(=O)c2ccc(C(=O)Nc3ccccc3C)cc2)cc1. The van der Waals surface area contributed by atoms with Gasteiger partial charge in [-0.3, -0.25) is 14.4 Å². The lowest BCUT2D eigenvalue weighted by Crippen LogP contribution is -2.14. The molecule has 0 spiro atoms. The van der Waals surface area contributed by atoms with Crippen molar-refractivity contribution in [3.05, 3.63) is 95.1 Å². The van der Waals surface area contributed by atoms with Crippen LogP contribution in [0.4, 0.5) is 11.4 Å². The van der Waals surface area contributed by atoms with E-state index in [-0.39, 0.29) is 17.6 Å². The number of hydrogen-bond acceptors (Lipinski definition) is 3. The van der Waals surface area contributed by atoms with Crippen molar-refractivity contribution in [1.29, 1.82) is 0 Å². The fourth-order valence-electron chi connectivity index (χ4n) is 2.67. The molecule has 0 saturated carbocycles. The number of benzene rings is 3. The van der Waals surface area contributed by atoms with Gasteiger partial charge in [-0.2, -0.15) is 0 Å². The summed E-state index contributed by atoms with van der Waals surface area (Å²) in [5, 5.41) is 5.63. The zero-order valence-corrected chi connectivity index (χ0v) is 15.7. The molecule has 0 aromatic heterocycles. The van der Waals surface area contributed by atoms with E-state index >= 15 is 0 Å². The maximum absolute atomic E-state index is 12.4. The number of nitrogens with one attached hydrogen (secondary N) is 2. The lowest BCUT2D eigenvalue weighted by Gasteiger charge is -2.09. The predicted octanol–water partition coefficient (Wildman–Crippen LogP) is 4.70. The van der Waals surface area contributed by atoms with Gasteiger partial charge in [-0.15, -0.1) is 0 Å². The van der Waals surface area contributed by atoms with E-state index in [1.165, 1.54) is 6.92 Å². The number of aryl methyl sites for hydroxylation is 1. The van der Waals surface area contributed by atoms with Crippen LogP contribution >= 0.6 is 0 Å². The van der Waals surface area contributed by atoms with Crippen molar-refractivity contribution >= 4 is 29.0 Å². The molecule has 3 aromatic carbocycles. The highest BCUT2D eigenvalue weighted by Gasteiger charge is 2.10. The zero-order valence-electron chi connectivity index (χ0n) is 15.7. The molecular weight excluding hydrogens is 352 g/mol. The van der Waals surface area contributed by atoms with Gasteiger partial charge in [0.05, 0.1) is 0 Å². The molecule has 0 atom stereocenters. The van der Waals surface area contributed by atoms with E-state index in [0.29, 0.717) is 22.4 Å². The predicted molar refractivity (Wildman–Crippen MR) is 110 cm³/mol. The second-order valence-electron chi connectivity index (χ2n) is 6.43. The van der Waals surface area contributed by atoms with Crippen LogP contribution in [0.15, 0.2) is 72.8 Å². The Labute approximate surface area is 163 Å². The van der Waals surface area contributed by atoms with Crippen molar-refractivity contribution in [1.82, 2.24) is 0 Å². The van der Waals surface area contributed by atoms with Crippen molar-refractivity contribution in [2.24, 2.45) is 0 Å². The molecular formula is C23H20N2O3. The highest BCUT2D eigenvalue weighted by molar-refractivity contribution is 6.07. The van der Waals surface area contributed by atoms with Gasteiger partial charge in [-0.05, 0) is 74.0 Å². The molecule has 0 unspecified atom stereocenters. The molecule has 0 bridgehead atoms. The van der Waals surface area contributed by atoms with Gasteiger partial charge in [-0.1, -0.05) is 18.2 Å². The summed E-state index contributed by atoms with van der Waals surface area (Å²) < 4.78 is 0. The number of carbonyl (C=O) groups is 3. The first-order chi connectivity index (χ1) is 13.4. The van der Waals surface area contributed by atoms with Crippen LogP contribution in [0.3, 0.4) is 0 Å². The molecule has 0 aliphatic heterocycles. The summed E-state index contributed by atoms with van der Waals surface area (Å²) in [6.45, 7) is 3.41. The van der Waals surface area contributed by atoms with Crippen LogP contribution in [-0.4, -0.2) is 17.6 Å². The number of ketones is 1. The van der Waals surface area contributed by atoms with E-state index in [1.807, 2.05) is 31.2 Å². The number of para-hydroxylation sites is 1. The first-order valence-electron chi connectivity index (χ1n) is 8.83. The quantitative estimate of drug-likeness (QED) is 0.637. The molecule has 0 aliphatic carbocycles. The molecule has 5 heteroatoms. The summed E-state index contributed by atoms with van der Waals surface area (Å²) in [4.78, 5) is 36.1. The number of amides is 2. The van der Waals surface area contributed by atoms with Crippen molar-refractivity contribution in [2.45, 2.75) is 13.8 Å². The summed E-state index contributed by atoms with van der Waals surface area (Å²) in [5.74, 6) is -0.556. The van der Waals surface area contributed by atoms with Crippen LogP contribution in [0.1, 0.15) is 43.6 Å². The minimum absolute atomic E-state index is 0.0301. The molecule has 0 heterocycles. The van der Waals surface area contributed by atoms with E-state index in [9.17, 15) is 14.4 Å². The highest BCUT2D eigenvalue weighted by atomic mass is 16.2. The molecule has 0 aliphatic rings. The van der Waals surface area contributed by atoms with E-state index in [0.717, 1.165) is 11.3 Å². The van der Waals surface area contributed by atoms with Gasteiger partial charge >= 0.3 is 0 Å². The molecule has 3 rings (SSSR count). The second-order valence-corrected chi connectivity index (χ2v) is 6.43. The maximum Gasteiger partial charge on any atom is 0.255 e. The van der Waals surface area contributed by atoms with E-state index in [2.05, 4.69) is 10.6 Å². The van der Waals surface area contributed by atoms with E-state index in [4.69, 9.17) is 0 Å².